The SMILES string of the molecule is Cc1nc2ccc(-c3ccc4c(c3)CN(C(=O)c3cn(C)c5ccccc35)CCO4)cc2[nH]1. The van der Waals surface area contributed by atoms with Crippen LogP contribution >= 0.6 is 0 Å². The molecule has 1 aliphatic heterocycles. The average molecular weight is 437 g/mol. The Hall–Kier alpha value is -4.06. The molecule has 0 radical (unpaired) electrons. The highest BCUT2D eigenvalue weighted by atomic mass is 16.5. The maximum atomic E-state index is 13.5. The molecule has 0 bridgehead atoms. The number of hydrogen-bond donors (Lipinski definition) is 1. The molecule has 0 aliphatic carbocycles. The molecule has 0 saturated carbocycles. The number of para-hydroxylation sites is 1. The van der Waals surface area contributed by atoms with Crippen LogP contribution in [0.3, 0.4) is 0 Å². The highest BCUT2D eigenvalue weighted by Gasteiger charge is 2.24. The number of rotatable bonds is 2. The molecule has 6 heteroatoms. The van der Waals surface area contributed by atoms with Crippen LogP contribution in [0.5, 0.6) is 5.75 Å². The van der Waals surface area contributed by atoms with E-state index in [1.165, 1.54) is 0 Å². The van der Waals surface area contributed by atoms with Crippen molar-refractivity contribution in [3.8, 4) is 16.9 Å². The molecule has 0 spiro atoms. The molecule has 0 unspecified atom stereocenters. The fourth-order valence-electron chi connectivity index (χ4n) is 4.75. The summed E-state index contributed by atoms with van der Waals surface area (Å²) in [6.07, 6.45) is 1.93. The van der Waals surface area contributed by atoms with Gasteiger partial charge in [-0.05, 0) is 48.4 Å². The first-order valence-corrected chi connectivity index (χ1v) is 11.1. The summed E-state index contributed by atoms with van der Waals surface area (Å²) < 4.78 is 8.02. The topological polar surface area (TPSA) is 63.1 Å². The van der Waals surface area contributed by atoms with Crippen molar-refractivity contribution in [2.24, 2.45) is 7.05 Å². The van der Waals surface area contributed by atoms with Crippen molar-refractivity contribution in [1.82, 2.24) is 19.4 Å². The second kappa shape index (κ2) is 7.52. The number of aromatic amines is 1. The van der Waals surface area contributed by atoms with Crippen molar-refractivity contribution in [3.63, 3.8) is 0 Å². The van der Waals surface area contributed by atoms with Crippen molar-refractivity contribution >= 4 is 27.8 Å². The molecule has 1 aliphatic rings. The van der Waals surface area contributed by atoms with Crippen LogP contribution < -0.4 is 4.74 Å². The number of amides is 1. The molecule has 164 valence electrons. The minimum Gasteiger partial charge on any atom is -0.491 e. The number of benzene rings is 3. The lowest BCUT2D eigenvalue weighted by molar-refractivity contribution is 0.0735. The predicted octanol–water partition coefficient (Wildman–Crippen LogP) is 5.06. The van der Waals surface area contributed by atoms with Gasteiger partial charge >= 0.3 is 0 Å². The number of hydrogen-bond acceptors (Lipinski definition) is 3. The Balaban J connectivity index is 1.35. The largest absolute Gasteiger partial charge is 0.491 e. The number of fused-ring (bicyclic) bond motifs is 3. The number of nitrogens with zero attached hydrogens (tertiary/aromatic N) is 3. The van der Waals surface area contributed by atoms with E-state index in [4.69, 9.17) is 4.74 Å². The van der Waals surface area contributed by atoms with E-state index >= 15 is 0 Å². The summed E-state index contributed by atoms with van der Waals surface area (Å²) in [4.78, 5) is 23.2. The molecule has 3 aromatic carbocycles. The van der Waals surface area contributed by atoms with Gasteiger partial charge in [0, 0.05) is 36.3 Å². The fourth-order valence-corrected chi connectivity index (χ4v) is 4.75. The first kappa shape index (κ1) is 19.6. The molecule has 0 atom stereocenters. The first-order chi connectivity index (χ1) is 16.1. The van der Waals surface area contributed by atoms with Crippen LogP contribution in [-0.2, 0) is 13.6 Å². The minimum absolute atomic E-state index is 0.0306. The Morgan fingerprint density at radius 2 is 1.88 bits per heavy atom. The summed E-state index contributed by atoms with van der Waals surface area (Å²) in [5.74, 6) is 1.77. The molecule has 5 aromatic rings. The lowest BCUT2D eigenvalue weighted by Gasteiger charge is -2.20. The Morgan fingerprint density at radius 3 is 2.79 bits per heavy atom. The van der Waals surface area contributed by atoms with Gasteiger partial charge < -0.3 is 19.2 Å². The zero-order valence-corrected chi connectivity index (χ0v) is 18.6. The van der Waals surface area contributed by atoms with Gasteiger partial charge in [0.05, 0.1) is 23.1 Å². The third-order valence-electron chi connectivity index (χ3n) is 6.39. The number of nitrogens with one attached hydrogen (secondary N) is 1. The molecule has 6 rings (SSSR count). The molecule has 0 fully saturated rings. The molecular weight excluding hydrogens is 412 g/mol. The lowest BCUT2D eigenvalue weighted by atomic mass is 10.0. The minimum atomic E-state index is 0.0306. The Labute approximate surface area is 191 Å². The van der Waals surface area contributed by atoms with Gasteiger partial charge in [-0.15, -0.1) is 0 Å². The molecule has 2 aromatic heterocycles. The van der Waals surface area contributed by atoms with Gasteiger partial charge in [0.2, 0.25) is 0 Å². The Kier molecular flexibility index (Phi) is 4.47. The van der Waals surface area contributed by atoms with Crippen LogP contribution in [0.4, 0.5) is 0 Å². The van der Waals surface area contributed by atoms with Gasteiger partial charge in [-0.25, -0.2) is 4.98 Å². The van der Waals surface area contributed by atoms with Crippen molar-refractivity contribution in [3.05, 3.63) is 83.8 Å². The van der Waals surface area contributed by atoms with E-state index in [-0.39, 0.29) is 5.91 Å². The molecular formula is C27H24N4O2. The first-order valence-electron chi connectivity index (χ1n) is 11.1. The van der Waals surface area contributed by atoms with Gasteiger partial charge in [0.25, 0.3) is 5.91 Å². The number of H-pyrrole nitrogens is 1. The number of imidazole rings is 1. The van der Waals surface area contributed by atoms with E-state index in [0.29, 0.717) is 19.7 Å². The summed E-state index contributed by atoms with van der Waals surface area (Å²) in [7, 11) is 1.98. The van der Waals surface area contributed by atoms with Gasteiger partial charge in [-0.3, -0.25) is 4.79 Å². The summed E-state index contributed by atoms with van der Waals surface area (Å²) in [5.41, 5.74) is 6.97. The monoisotopic (exact) mass is 436 g/mol. The van der Waals surface area contributed by atoms with Crippen molar-refractivity contribution in [2.45, 2.75) is 13.5 Å². The van der Waals surface area contributed by atoms with Gasteiger partial charge in [-0.1, -0.05) is 30.3 Å². The molecule has 33 heavy (non-hydrogen) atoms. The summed E-state index contributed by atoms with van der Waals surface area (Å²) in [5, 5.41) is 0.979. The van der Waals surface area contributed by atoms with E-state index in [9.17, 15) is 4.79 Å². The number of carbonyl (C=O) groups excluding carboxylic acids is 1. The molecule has 6 nitrogen and oxygen atoms in total. The van der Waals surface area contributed by atoms with Gasteiger partial charge in [-0.2, -0.15) is 0 Å². The van der Waals surface area contributed by atoms with Crippen molar-refractivity contribution in [2.75, 3.05) is 13.2 Å². The predicted molar refractivity (Wildman–Crippen MR) is 129 cm³/mol. The van der Waals surface area contributed by atoms with Gasteiger partial charge in [0.15, 0.2) is 0 Å². The molecule has 1 amide bonds. The third kappa shape index (κ3) is 3.35. The van der Waals surface area contributed by atoms with Crippen molar-refractivity contribution in [1.29, 1.82) is 0 Å². The Morgan fingerprint density at radius 1 is 1.06 bits per heavy atom. The maximum Gasteiger partial charge on any atom is 0.256 e. The van der Waals surface area contributed by atoms with E-state index in [0.717, 1.165) is 55.8 Å². The third-order valence-corrected chi connectivity index (χ3v) is 6.39. The maximum absolute atomic E-state index is 13.5. The van der Waals surface area contributed by atoms with E-state index in [1.807, 2.05) is 66.0 Å². The zero-order valence-electron chi connectivity index (χ0n) is 18.6. The fraction of sp³-hybridized carbons (Fsp3) is 0.185. The van der Waals surface area contributed by atoms with Crippen LogP contribution in [-0.4, -0.2) is 38.5 Å². The molecule has 1 N–H and O–H groups in total. The number of carbonyl (C=O) groups is 1. The van der Waals surface area contributed by atoms with E-state index < -0.39 is 0 Å². The lowest BCUT2D eigenvalue weighted by Crippen LogP contribution is -2.32. The molecule has 0 saturated heterocycles. The number of aryl methyl sites for hydroxylation is 2. The van der Waals surface area contributed by atoms with E-state index in [2.05, 4.69) is 34.2 Å². The second-order valence-corrected chi connectivity index (χ2v) is 8.62. The van der Waals surface area contributed by atoms with Crippen LogP contribution in [0, 0.1) is 6.92 Å². The van der Waals surface area contributed by atoms with E-state index in [1.54, 1.807) is 0 Å². The van der Waals surface area contributed by atoms with Crippen LogP contribution in [0.2, 0.25) is 0 Å². The van der Waals surface area contributed by atoms with Crippen molar-refractivity contribution < 1.29 is 9.53 Å². The second-order valence-electron chi connectivity index (χ2n) is 8.62. The normalized spacial score (nSPS) is 13.7. The summed E-state index contributed by atoms with van der Waals surface area (Å²) in [6.45, 7) is 3.49. The van der Waals surface area contributed by atoms with Crippen LogP contribution in [0.25, 0.3) is 33.1 Å². The highest BCUT2D eigenvalue weighted by molar-refractivity contribution is 6.07. The standard InChI is InChI=1S/C27H24N4O2/c1-17-28-23-9-7-19(14-24(23)29-17)18-8-10-26-20(13-18)15-31(11-12-33-26)27(32)22-16-30(2)25-6-4-3-5-21(22)25/h3-10,13-14,16H,11-12,15H2,1-2H3,(H,28,29). The summed E-state index contributed by atoms with van der Waals surface area (Å²) >= 11 is 0. The smallest absolute Gasteiger partial charge is 0.256 e. The zero-order chi connectivity index (χ0) is 22.5. The molecule has 3 heterocycles. The summed E-state index contributed by atoms with van der Waals surface area (Å²) in [6, 6.07) is 20.5. The number of ether oxygens (including phenoxy) is 1. The van der Waals surface area contributed by atoms with Crippen LogP contribution in [0.15, 0.2) is 66.9 Å². The average Bonchev–Trinajstić information content (AvgIpc) is 3.28. The number of aromatic nitrogens is 3. The quantitative estimate of drug-likeness (QED) is 0.420. The van der Waals surface area contributed by atoms with Gasteiger partial charge in [0.1, 0.15) is 18.2 Å². The Bertz CT molecular complexity index is 1530. The highest BCUT2D eigenvalue weighted by Crippen LogP contribution is 2.31. The van der Waals surface area contributed by atoms with Crippen LogP contribution in [0.1, 0.15) is 21.7 Å².